The third-order valence-electron chi connectivity index (χ3n) is 3.84. The normalized spacial score (nSPS) is 10.2. The molecule has 130 valence electrons. The highest BCUT2D eigenvalue weighted by molar-refractivity contribution is 6.10. The van der Waals surface area contributed by atoms with Crippen molar-refractivity contribution in [1.82, 2.24) is 4.90 Å². The second-order valence-electron chi connectivity index (χ2n) is 5.36. The molecule has 2 aromatic carbocycles. The van der Waals surface area contributed by atoms with Crippen LogP contribution in [0.15, 0.2) is 48.5 Å². The highest BCUT2D eigenvalue weighted by Gasteiger charge is 2.16. The maximum atomic E-state index is 12.3. The lowest BCUT2D eigenvalue weighted by molar-refractivity contribution is 0.0691. The summed E-state index contributed by atoms with van der Waals surface area (Å²) in [5.74, 6) is -1.74. The van der Waals surface area contributed by atoms with Gasteiger partial charge in [0.15, 0.2) is 0 Å². The molecule has 0 fully saturated rings. The molecule has 2 rings (SSSR count). The first-order valence-electron chi connectivity index (χ1n) is 8.00. The van der Waals surface area contributed by atoms with Crippen LogP contribution in [0, 0.1) is 0 Å². The number of carbonyl (C=O) groups is 3. The smallest absolute Gasteiger partial charge is 0.336 e. The summed E-state index contributed by atoms with van der Waals surface area (Å²) in [6.45, 7) is 5.07. The lowest BCUT2D eigenvalue weighted by Crippen LogP contribution is -2.30. The molecule has 0 heterocycles. The fraction of sp³-hybridized carbons (Fsp3) is 0.211. The quantitative estimate of drug-likeness (QED) is 0.846. The van der Waals surface area contributed by atoms with E-state index in [0.29, 0.717) is 24.3 Å². The van der Waals surface area contributed by atoms with Gasteiger partial charge in [0.05, 0.1) is 11.1 Å². The predicted molar refractivity (Wildman–Crippen MR) is 95.0 cm³/mol. The van der Waals surface area contributed by atoms with E-state index in [0.717, 1.165) is 0 Å². The van der Waals surface area contributed by atoms with E-state index < -0.39 is 11.9 Å². The van der Waals surface area contributed by atoms with Gasteiger partial charge in [0.2, 0.25) is 0 Å². The number of carbonyl (C=O) groups excluding carboxylic acids is 2. The Balaban J connectivity index is 2.15. The third kappa shape index (κ3) is 4.23. The zero-order valence-electron chi connectivity index (χ0n) is 14.2. The van der Waals surface area contributed by atoms with Gasteiger partial charge in [-0.2, -0.15) is 0 Å². The lowest BCUT2D eigenvalue weighted by Gasteiger charge is -2.18. The minimum absolute atomic E-state index is 0.0617. The van der Waals surface area contributed by atoms with Crippen molar-refractivity contribution in [2.75, 3.05) is 18.4 Å². The molecule has 2 aromatic rings. The number of rotatable bonds is 6. The molecule has 0 unspecified atom stereocenters. The topological polar surface area (TPSA) is 86.7 Å². The molecule has 6 heteroatoms. The number of hydrogen-bond donors (Lipinski definition) is 2. The first-order chi connectivity index (χ1) is 12.0. The van der Waals surface area contributed by atoms with Crippen LogP contribution in [-0.2, 0) is 0 Å². The molecule has 0 aliphatic carbocycles. The largest absolute Gasteiger partial charge is 0.478 e. The molecule has 6 nitrogen and oxygen atoms in total. The number of benzene rings is 2. The Morgan fingerprint density at radius 1 is 0.920 bits per heavy atom. The zero-order chi connectivity index (χ0) is 18.4. The standard InChI is InChI=1S/C19H20N2O4/c1-3-21(4-2)18(23)13-9-11-14(12-10-13)20-17(22)15-7-5-6-8-16(15)19(24)25/h5-12H,3-4H2,1-2H3,(H,20,22)(H,24,25). The number of nitrogens with one attached hydrogen (secondary N) is 1. The molecule has 0 atom stereocenters. The summed E-state index contributed by atoms with van der Waals surface area (Å²) in [7, 11) is 0. The SMILES string of the molecule is CCN(CC)C(=O)c1ccc(NC(=O)c2ccccc2C(=O)O)cc1. The van der Waals surface area contributed by atoms with E-state index in [9.17, 15) is 14.4 Å². The van der Waals surface area contributed by atoms with Gasteiger partial charge in [-0.25, -0.2) is 4.79 Å². The number of carboxylic acids is 1. The van der Waals surface area contributed by atoms with Crippen molar-refractivity contribution in [3.63, 3.8) is 0 Å². The van der Waals surface area contributed by atoms with Crippen LogP contribution in [-0.4, -0.2) is 40.9 Å². The summed E-state index contributed by atoms with van der Waals surface area (Å²) < 4.78 is 0. The van der Waals surface area contributed by atoms with Crippen molar-refractivity contribution >= 4 is 23.5 Å². The van der Waals surface area contributed by atoms with E-state index in [1.54, 1.807) is 41.3 Å². The molecule has 2 amide bonds. The molecule has 0 saturated carbocycles. The number of nitrogens with zero attached hydrogens (tertiary/aromatic N) is 1. The Morgan fingerprint density at radius 3 is 2.00 bits per heavy atom. The van der Waals surface area contributed by atoms with Gasteiger partial charge < -0.3 is 15.3 Å². The van der Waals surface area contributed by atoms with Crippen LogP contribution in [0.5, 0.6) is 0 Å². The van der Waals surface area contributed by atoms with Crippen molar-refractivity contribution in [3.8, 4) is 0 Å². The molecule has 0 saturated heterocycles. The fourth-order valence-electron chi connectivity index (χ4n) is 2.46. The molecule has 2 N–H and O–H groups in total. The average Bonchev–Trinajstić information content (AvgIpc) is 2.63. The van der Waals surface area contributed by atoms with Crippen LogP contribution >= 0.6 is 0 Å². The first-order valence-corrected chi connectivity index (χ1v) is 8.00. The van der Waals surface area contributed by atoms with Crippen molar-refractivity contribution in [2.24, 2.45) is 0 Å². The van der Waals surface area contributed by atoms with Crippen molar-refractivity contribution in [3.05, 3.63) is 65.2 Å². The summed E-state index contributed by atoms with van der Waals surface area (Å²) in [6.07, 6.45) is 0. The number of carboxylic acid groups (broad SMARTS) is 1. The van der Waals surface area contributed by atoms with E-state index in [2.05, 4.69) is 5.32 Å². The lowest BCUT2D eigenvalue weighted by atomic mass is 10.1. The van der Waals surface area contributed by atoms with Gasteiger partial charge in [0.25, 0.3) is 11.8 Å². The number of amides is 2. The van der Waals surface area contributed by atoms with Crippen molar-refractivity contribution in [2.45, 2.75) is 13.8 Å². The second-order valence-corrected chi connectivity index (χ2v) is 5.36. The summed E-state index contributed by atoms with van der Waals surface area (Å²) in [6, 6.07) is 12.5. The van der Waals surface area contributed by atoms with E-state index in [1.807, 2.05) is 13.8 Å². The Hall–Kier alpha value is -3.15. The molecule has 0 radical (unpaired) electrons. The molecule has 25 heavy (non-hydrogen) atoms. The van der Waals surface area contributed by atoms with Crippen molar-refractivity contribution < 1.29 is 19.5 Å². The minimum Gasteiger partial charge on any atom is -0.478 e. The van der Waals surface area contributed by atoms with E-state index >= 15 is 0 Å². The van der Waals surface area contributed by atoms with Crippen LogP contribution in [0.4, 0.5) is 5.69 Å². The van der Waals surface area contributed by atoms with Crippen LogP contribution in [0.3, 0.4) is 0 Å². The molecule has 0 aliphatic rings. The zero-order valence-corrected chi connectivity index (χ0v) is 14.2. The Bertz CT molecular complexity index is 780. The number of anilines is 1. The summed E-state index contributed by atoms with van der Waals surface area (Å²) in [4.78, 5) is 37.5. The first kappa shape index (κ1) is 18.2. The number of aromatic carboxylic acids is 1. The highest BCUT2D eigenvalue weighted by Crippen LogP contribution is 2.15. The van der Waals surface area contributed by atoms with Gasteiger partial charge in [-0.15, -0.1) is 0 Å². The average molecular weight is 340 g/mol. The van der Waals surface area contributed by atoms with Gasteiger partial charge in [0.1, 0.15) is 0 Å². The van der Waals surface area contributed by atoms with Crippen LogP contribution in [0.2, 0.25) is 0 Å². The van der Waals surface area contributed by atoms with E-state index in [4.69, 9.17) is 5.11 Å². The molecular weight excluding hydrogens is 320 g/mol. The Labute approximate surface area is 146 Å². The maximum Gasteiger partial charge on any atom is 0.336 e. The summed E-state index contributed by atoms with van der Waals surface area (Å²) in [5, 5.41) is 11.8. The fourth-order valence-corrected chi connectivity index (χ4v) is 2.46. The predicted octanol–water partition coefficient (Wildman–Crippen LogP) is 3.12. The van der Waals surface area contributed by atoms with Crippen LogP contribution in [0.25, 0.3) is 0 Å². The molecule has 0 aromatic heterocycles. The molecule has 0 aliphatic heterocycles. The van der Waals surface area contributed by atoms with Gasteiger partial charge in [-0.3, -0.25) is 9.59 Å². The molecular formula is C19H20N2O4. The number of hydrogen-bond acceptors (Lipinski definition) is 3. The van der Waals surface area contributed by atoms with Gasteiger partial charge >= 0.3 is 5.97 Å². The summed E-state index contributed by atoms with van der Waals surface area (Å²) in [5.41, 5.74) is 1.04. The molecule has 0 bridgehead atoms. The van der Waals surface area contributed by atoms with Gasteiger partial charge in [-0.1, -0.05) is 12.1 Å². The second kappa shape index (κ2) is 8.10. The Morgan fingerprint density at radius 2 is 1.48 bits per heavy atom. The third-order valence-corrected chi connectivity index (χ3v) is 3.84. The summed E-state index contributed by atoms with van der Waals surface area (Å²) >= 11 is 0. The van der Waals surface area contributed by atoms with Crippen LogP contribution < -0.4 is 5.32 Å². The van der Waals surface area contributed by atoms with Gasteiger partial charge in [0, 0.05) is 24.3 Å². The molecule has 0 spiro atoms. The van der Waals surface area contributed by atoms with Gasteiger partial charge in [-0.05, 0) is 50.2 Å². The van der Waals surface area contributed by atoms with Crippen molar-refractivity contribution in [1.29, 1.82) is 0 Å². The van der Waals surface area contributed by atoms with Crippen LogP contribution in [0.1, 0.15) is 44.9 Å². The highest BCUT2D eigenvalue weighted by atomic mass is 16.4. The van der Waals surface area contributed by atoms with E-state index in [1.165, 1.54) is 12.1 Å². The van der Waals surface area contributed by atoms with E-state index in [-0.39, 0.29) is 17.0 Å². The minimum atomic E-state index is -1.16. The Kier molecular flexibility index (Phi) is 5.89. The monoisotopic (exact) mass is 340 g/mol. The maximum absolute atomic E-state index is 12.3.